The van der Waals surface area contributed by atoms with Crippen LogP contribution in [-0.4, -0.2) is 96.3 Å². The molecule has 0 aliphatic carbocycles. The summed E-state index contributed by atoms with van der Waals surface area (Å²) in [6.45, 7) is 7.66. The van der Waals surface area contributed by atoms with Crippen LogP contribution in [0.4, 0.5) is 16.2 Å². The van der Waals surface area contributed by atoms with Gasteiger partial charge in [-0.05, 0) is 88.2 Å². The van der Waals surface area contributed by atoms with Gasteiger partial charge in [0, 0.05) is 49.6 Å². The number of fused-ring (bicyclic) bond motifs is 2. The van der Waals surface area contributed by atoms with Crippen LogP contribution in [0.3, 0.4) is 0 Å². The molecule has 0 radical (unpaired) electrons. The van der Waals surface area contributed by atoms with Crippen molar-refractivity contribution in [1.82, 2.24) is 9.80 Å². The van der Waals surface area contributed by atoms with Gasteiger partial charge in [-0.2, -0.15) is 0 Å². The highest BCUT2D eigenvalue weighted by atomic mass is 16.7. The number of hydrogen-bond donors (Lipinski definition) is 4. The number of benzene rings is 3. The fourth-order valence-corrected chi connectivity index (χ4v) is 6.17. The van der Waals surface area contributed by atoms with Gasteiger partial charge in [0.05, 0.1) is 36.0 Å². The van der Waals surface area contributed by atoms with Crippen molar-refractivity contribution in [2.24, 2.45) is 5.92 Å². The zero-order valence-electron chi connectivity index (χ0n) is 29.6. The number of likely N-dealkylation sites (N-methyl/N-ethyl adjacent to an activating group) is 1. The maximum Gasteiger partial charge on any atom is 0.335 e. The third-order valence-corrected chi connectivity index (χ3v) is 9.08. The minimum absolute atomic E-state index is 0.122. The Hall–Kier alpha value is -4.85. The first-order chi connectivity index (χ1) is 24.5. The Morgan fingerprint density at radius 1 is 0.961 bits per heavy atom. The molecule has 2 heterocycles. The molecule has 4 atom stereocenters. The van der Waals surface area contributed by atoms with E-state index >= 15 is 0 Å². The molecule has 0 saturated carbocycles. The fraction of sp³-hybridized carbons (Fsp3) is 0.447. The van der Waals surface area contributed by atoms with E-state index in [4.69, 9.17) is 18.9 Å². The minimum Gasteiger partial charge on any atom is -0.490 e. The molecule has 51 heavy (non-hydrogen) atoms. The van der Waals surface area contributed by atoms with Gasteiger partial charge in [-0.15, -0.1) is 0 Å². The van der Waals surface area contributed by atoms with Crippen LogP contribution < -0.4 is 24.8 Å². The maximum atomic E-state index is 14.4. The summed E-state index contributed by atoms with van der Waals surface area (Å²) in [5, 5.41) is 25.1. The second kappa shape index (κ2) is 17.4. The van der Waals surface area contributed by atoms with Gasteiger partial charge in [0.2, 0.25) is 6.79 Å². The lowest BCUT2D eigenvalue weighted by molar-refractivity contribution is -0.0177. The molecule has 3 aromatic carbocycles. The van der Waals surface area contributed by atoms with Crippen molar-refractivity contribution in [3.8, 4) is 17.2 Å². The van der Waals surface area contributed by atoms with Gasteiger partial charge < -0.3 is 44.7 Å². The van der Waals surface area contributed by atoms with E-state index in [0.717, 1.165) is 24.8 Å². The van der Waals surface area contributed by atoms with Crippen LogP contribution in [0.15, 0.2) is 60.7 Å². The standard InChI is InChI=1S/C38H48N4O9/c1-24-19-42(25(2)22-43)36(44)31-17-29(39-38(47)40-30-13-15-33-34(18-30)50-23-49-33)12-14-32(31)51-26(3)7-5-6-16-48-35(24)21-41(4)20-27-8-10-28(11-9-27)37(45)46/h8-15,17-18,24-26,35,43H,5-7,16,19-23H2,1-4H3,(H,45,46)(H2,39,40,47)/t24-,25+,26+,35-/m0/s1. The number of rotatable bonds is 9. The number of hydrogen-bond acceptors (Lipinski definition) is 9. The lowest BCUT2D eigenvalue weighted by atomic mass is 10.0. The van der Waals surface area contributed by atoms with Crippen molar-refractivity contribution in [1.29, 1.82) is 0 Å². The molecule has 0 unspecified atom stereocenters. The van der Waals surface area contributed by atoms with Crippen LogP contribution in [0.5, 0.6) is 17.2 Å². The quantitative estimate of drug-likeness (QED) is 0.218. The van der Waals surface area contributed by atoms with Crippen LogP contribution >= 0.6 is 0 Å². The van der Waals surface area contributed by atoms with E-state index < -0.39 is 18.0 Å². The molecule has 0 spiro atoms. The Morgan fingerprint density at radius 3 is 2.35 bits per heavy atom. The number of anilines is 2. The average Bonchev–Trinajstić information content (AvgIpc) is 3.57. The molecule has 0 fully saturated rings. The van der Waals surface area contributed by atoms with Crippen LogP contribution in [0.1, 0.15) is 66.3 Å². The molecule has 13 nitrogen and oxygen atoms in total. The number of carboxylic acid groups (broad SMARTS) is 1. The molecule has 2 aliphatic rings. The van der Waals surface area contributed by atoms with E-state index in [1.807, 2.05) is 33.0 Å². The van der Waals surface area contributed by atoms with Gasteiger partial charge in [0.25, 0.3) is 5.91 Å². The summed E-state index contributed by atoms with van der Waals surface area (Å²) < 4.78 is 23.5. The van der Waals surface area contributed by atoms with E-state index in [-0.39, 0.29) is 48.6 Å². The van der Waals surface area contributed by atoms with Gasteiger partial charge in [-0.1, -0.05) is 19.1 Å². The Bertz CT molecular complexity index is 1670. The zero-order chi connectivity index (χ0) is 36.5. The number of carboxylic acids is 1. The number of nitrogens with zero attached hydrogens (tertiary/aromatic N) is 2. The third-order valence-electron chi connectivity index (χ3n) is 9.08. The normalized spacial score (nSPS) is 20.2. The van der Waals surface area contributed by atoms with Crippen LogP contribution in [-0.2, 0) is 11.3 Å². The van der Waals surface area contributed by atoms with Gasteiger partial charge in [0.1, 0.15) is 5.75 Å². The first-order valence-electron chi connectivity index (χ1n) is 17.3. The number of aromatic carboxylic acids is 1. The lowest BCUT2D eigenvalue weighted by Gasteiger charge is -2.36. The number of carbonyl (C=O) groups excluding carboxylic acids is 2. The van der Waals surface area contributed by atoms with Gasteiger partial charge in [-0.25, -0.2) is 9.59 Å². The Morgan fingerprint density at radius 2 is 1.65 bits per heavy atom. The van der Waals surface area contributed by atoms with Crippen molar-refractivity contribution in [3.63, 3.8) is 0 Å². The third kappa shape index (κ3) is 10.1. The average molecular weight is 705 g/mol. The summed E-state index contributed by atoms with van der Waals surface area (Å²) in [5.74, 6) is 0.108. The number of ether oxygens (including phenoxy) is 4. The largest absolute Gasteiger partial charge is 0.490 e. The minimum atomic E-state index is -0.966. The molecule has 0 aromatic heterocycles. The molecule has 4 N–H and O–H groups in total. The number of urea groups is 1. The van der Waals surface area contributed by atoms with E-state index in [9.17, 15) is 24.6 Å². The van der Waals surface area contributed by atoms with Crippen molar-refractivity contribution < 1.29 is 43.5 Å². The lowest BCUT2D eigenvalue weighted by Crippen LogP contribution is -2.47. The van der Waals surface area contributed by atoms with E-state index in [1.165, 1.54) is 0 Å². The Balaban J connectivity index is 1.35. The highest BCUT2D eigenvalue weighted by Gasteiger charge is 2.30. The summed E-state index contributed by atoms with van der Waals surface area (Å²) >= 11 is 0. The van der Waals surface area contributed by atoms with Crippen LogP contribution in [0.2, 0.25) is 0 Å². The number of amides is 3. The highest BCUT2D eigenvalue weighted by molar-refractivity contribution is 6.02. The van der Waals surface area contributed by atoms with Crippen LogP contribution in [0, 0.1) is 5.92 Å². The molecule has 0 saturated heterocycles. The fourth-order valence-electron chi connectivity index (χ4n) is 6.17. The molecular weight excluding hydrogens is 656 g/mol. The molecule has 3 amide bonds. The maximum absolute atomic E-state index is 14.4. The van der Waals surface area contributed by atoms with E-state index in [1.54, 1.807) is 60.4 Å². The first kappa shape index (κ1) is 37.4. The molecule has 2 aliphatic heterocycles. The summed E-state index contributed by atoms with van der Waals surface area (Å²) in [4.78, 5) is 42.5. The van der Waals surface area contributed by atoms with Crippen LogP contribution in [0.25, 0.3) is 0 Å². The monoisotopic (exact) mass is 704 g/mol. The van der Waals surface area contributed by atoms with Crippen molar-refractivity contribution in [2.75, 3.05) is 50.8 Å². The molecule has 5 rings (SSSR count). The Labute approximate surface area is 298 Å². The van der Waals surface area contributed by atoms with E-state index in [2.05, 4.69) is 15.5 Å². The number of nitrogens with one attached hydrogen (secondary N) is 2. The molecule has 274 valence electrons. The molecule has 0 bridgehead atoms. The molecular formula is C38H48N4O9. The summed E-state index contributed by atoms with van der Waals surface area (Å²) in [6.07, 6.45) is 2.02. The highest BCUT2D eigenvalue weighted by Crippen LogP contribution is 2.34. The van der Waals surface area contributed by atoms with Gasteiger partial charge in [-0.3, -0.25) is 9.69 Å². The smallest absolute Gasteiger partial charge is 0.335 e. The summed E-state index contributed by atoms with van der Waals surface area (Å²) in [7, 11) is 1.98. The molecule has 3 aromatic rings. The van der Waals surface area contributed by atoms with Crippen molar-refractivity contribution >= 4 is 29.3 Å². The predicted molar refractivity (Wildman–Crippen MR) is 192 cm³/mol. The van der Waals surface area contributed by atoms with E-state index in [0.29, 0.717) is 54.9 Å². The van der Waals surface area contributed by atoms with Gasteiger partial charge >= 0.3 is 12.0 Å². The molecule has 13 heteroatoms. The number of aliphatic hydroxyl groups is 1. The number of aliphatic hydroxyl groups excluding tert-OH is 1. The zero-order valence-corrected chi connectivity index (χ0v) is 29.6. The Kier molecular flexibility index (Phi) is 12.8. The second-order valence-electron chi connectivity index (χ2n) is 13.4. The SMILES string of the molecule is C[C@@H]1CCCCO[C@@H](CN(C)Cc2ccc(C(=O)O)cc2)[C@@H](C)CN([C@H](C)CO)C(=O)c2cc(NC(=O)Nc3ccc4c(c3)OCO4)ccc2O1. The first-order valence-corrected chi connectivity index (χ1v) is 17.3. The summed E-state index contributed by atoms with van der Waals surface area (Å²) in [5.41, 5.74) is 2.38. The second-order valence-corrected chi connectivity index (χ2v) is 13.4. The predicted octanol–water partition coefficient (Wildman–Crippen LogP) is 5.69. The topological polar surface area (TPSA) is 159 Å². The van der Waals surface area contributed by atoms with Gasteiger partial charge in [0.15, 0.2) is 11.5 Å². The van der Waals surface area contributed by atoms with Crippen molar-refractivity contribution in [3.05, 3.63) is 77.4 Å². The number of carbonyl (C=O) groups is 3. The van der Waals surface area contributed by atoms with Crippen molar-refractivity contribution in [2.45, 2.75) is 64.8 Å². The summed E-state index contributed by atoms with van der Waals surface area (Å²) in [6, 6.07) is 15.9.